The largest absolute Gasteiger partial charge is 0.497 e. The molecule has 0 aromatic heterocycles. The van der Waals surface area contributed by atoms with Crippen LogP contribution >= 0.6 is 11.8 Å². The number of methoxy groups -OCH3 is 1. The fraction of sp³-hybridized carbons (Fsp3) is 0.211. The molecule has 1 saturated heterocycles. The van der Waals surface area contributed by atoms with Gasteiger partial charge in [0.1, 0.15) is 11.0 Å². The molecule has 26 heavy (non-hydrogen) atoms. The van der Waals surface area contributed by atoms with E-state index in [4.69, 9.17) is 4.74 Å². The number of aliphatic imine (C=N–C) groups is 1. The first-order valence-corrected chi connectivity index (χ1v) is 8.96. The Bertz CT molecular complexity index is 822. The van der Waals surface area contributed by atoms with Crippen LogP contribution in [0.15, 0.2) is 59.6 Å². The molecular weight excluding hydrogens is 350 g/mol. The Hall–Kier alpha value is -2.80. The summed E-state index contributed by atoms with van der Waals surface area (Å²) in [6, 6.07) is 16.4. The summed E-state index contributed by atoms with van der Waals surface area (Å²) < 4.78 is 5.13. The predicted octanol–water partition coefficient (Wildman–Crippen LogP) is 3.29. The van der Waals surface area contributed by atoms with Crippen LogP contribution < -0.4 is 10.1 Å². The Labute approximate surface area is 156 Å². The van der Waals surface area contributed by atoms with E-state index in [0.717, 1.165) is 5.75 Å². The monoisotopic (exact) mass is 369 g/mol. The Morgan fingerprint density at radius 1 is 1.19 bits per heavy atom. The standard InChI is InChI=1S/C19H19N3O3S/c1-22-17(23)12-16(18(24)20-13-6-4-3-5-7-13)26-19(22)21-14-8-10-15(25-2)11-9-14/h3-11,16H,12H2,1-2H3,(H,20,24)/t16-/m1/s1. The van der Waals surface area contributed by atoms with Crippen LogP contribution in [0.4, 0.5) is 11.4 Å². The van der Waals surface area contributed by atoms with E-state index in [1.807, 2.05) is 30.3 Å². The molecule has 0 spiro atoms. The number of nitrogens with one attached hydrogen (secondary N) is 1. The summed E-state index contributed by atoms with van der Waals surface area (Å²) in [5, 5.41) is 2.83. The van der Waals surface area contributed by atoms with Gasteiger partial charge in [-0.05, 0) is 36.4 Å². The van der Waals surface area contributed by atoms with E-state index in [0.29, 0.717) is 16.5 Å². The van der Waals surface area contributed by atoms with E-state index in [1.54, 1.807) is 38.4 Å². The van der Waals surface area contributed by atoms with Crippen LogP contribution in [0.3, 0.4) is 0 Å². The van der Waals surface area contributed by atoms with E-state index in [2.05, 4.69) is 10.3 Å². The number of hydrogen-bond donors (Lipinski definition) is 1. The van der Waals surface area contributed by atoms with Crippen LogP contribution in [0.5, 0.6) is 5.75 Å². The SMILES string of the molecule is COc1ccc(N=C2S[C@@H](C(=O)Nc3ccccc3)CC(=O)N2C)cc1. The molecule has 2 amide bonds. The van der Waals surface area contributed by atoms with Gasteiger partial charge in [0.05, 0.1) is 12.8 Å². The number of rotatable bonds is 4. The number of benzene rings is 2. The highest BCUT2D eigenvalue weighted by Crippen LogP contribution is 2.29. The maximum atomic E-state index is 12.5. The predicted molar refractivity (Wildman–Crippen MR) is 104 cm³/mol. The first-order chi connectivity index (χ1) is 12.6. The van der Waals surface area contributed by atoms with Crippen LogP contribution in [-0.2, 0) is 9.59 Å². The molecule has 0 aliphatic carbocycles. The summed E-state index contributed by atoms with van der Waals surface area (Å²) in [5.74, 6) is 0.393. The van der Waals surface area contributed by atoms with Gasteiger partial charge in [-0.25, -0.2) is 4.99 Å². The zero-order chi connectivity index (χ0) is 18.5. The number of carbonyl (C=O) groups is 2. The lowest BCUT2D eigenvalue weighted by Gasteiger charge is -2.28. The average molecular weight is 369 g/mol. The smallest absolute Gasteiger partial charge is 0.238 e. The Kier molecular flexibility index (Phi) is 5.58. The quantitative estimate of drug-likeness (QED) is 0.898. The third kappa shape index (κ3) is 4.23. The molecule has 2 aromatic carbocycles. The van der Waals surface area contributed by atoms with Crippen LogP contribution in [0.1, 0.15) is 6.42 Å². The molecule has 1 heterocycles. The van der Waals surface area contributed by atoms with Gasteiger partial charge < -0.3 is 10.1 Å². The van der Waals surface area contributed by atoms with Crippen LogP contribution in [-0.4, -0.2) is 41.3 Å². The van der Waals surface area contributed by atoms with Gasteiger partial charge in [-0.3, -0.25) is 14.5 Å². The fourth-order valence-corrected chi connectivity index (χ4v) is 3.47. The highest BCUT2D eigenvalue weighted by atomic mass is 32.2. The van der Waals surface area contributed by atoms with Gasteiger partial charge in [-0.1, -0.05) is 30.0 Å². The van der Waals surface area contributed by atoms with Crippen LogP contribution in [0.25, 0.3) is 0 Å². The third-order valence-corrected chi connectivity index (χ3v) is 5.14. The first-order valence-electron chi connectivity index (χ1n) is 8.08. The molecule has 0 radical (unpaired) electrons. The molecule has 0 saturated carbocycles. The van der Waals surface area contributed by atoms with Gasteiger partial charge in [-0.2, -0.15) is 0 Å². The highest BCUT2D eigenvalue weighted by molar-refractivity contribution is 8.15. The summed E-state index contributed by atoms with van der Waals surface area (Å²) >= 11 is 1.29. The van der Waals surface area contributed by atoms with Crippen LogP contribution in [0.2, 0.25) is 0 Å². The Morgan fingerprint density at radius 2 is 1.88 bits per heavy atom. The van der Waals surface area contributed by atoms with Crippen LogP contribution in [0, 0.1) is 0 Å². The lowest BCUT2D eigenvalue weighted by molar-refractivity contribution is -0.128. The van der Waals surface area contributed by atoms with Gasteiger partial charge in [0, 0.05) is 19.2 Å². The second-order valence-electron chi connectivity index (χ2n) is 5.71. The Balaban J connectivity index is 1.76. The molecule has 1 fully saturated rings. The minimum absolute atomic E-state index is 0.135. The number of amides is 2. The van der Waals surface area contributed by atoms with Crippen molar-refractivity contribution in [2.75, 3.05) is 19.5 Å². The maximum absolute atomic E-state index is 12.5. The van der Waals surface area contributed by atoms with Gasteiger partial charge >= 0.3 is 0 Å². The number of nitrogens with zero attached hydrogens (tertiary/aromatic N) is 2. The fourth-order valence-electron chi connectivity index (χ4n) is 2.41. The number of anilines is 1. The highest BCUT2D eigenvalue weighted by Gasteiger charge is 2.34. The minimum atomic E-state index is -0.518. The zero-order valence-corrected chi connectivity index (χ0v) is 15.3. The molecule has 0 unspecified atom stereocenters. The van der Waals surface area contributed by atoms with E-state index >= 15 is 0 Å². The number of ether oxygens (including phenoxy) is 1. The normalized spacial score (nSPS) is 18.7. The van der Waals surface area contributed by atoms with E-state index in [1.165, 1.54) is 16.7 Å². The maximum Gasteiger partial charge on any atom is 0.238 e. The number of thioether (sulfide) groups is 1. The molecule has 134 valence electrons. The van der Waals surface area contributed by atoms with E-state index < -0.39 is 5.25 Å². The summed E-state index contributed by atoms with van der Waals surface area (Å²) in [4.78, 5) is 30.8. The molecule has 3 rings (SSSR count). The number of para-hydroxylation sites is 1. The second kappa shape index (κ2) is 8.05. The molecule has 2 aromatic rings. The van der Waals surface area contributed by atoms with Gasteiger partial charge in [-0.15, -0.1) is 0 Å². The van der Waals surface area contributed by atoms with Gasteiger partial charge in [0.25, 0.3) is 0 Å². The zero-order valence-electron chi connectivity index (χ0n) is 14.5. The summed E-state index contributed by atoms with van der Waals surface area (Å²) in [6.45, 7) is 0. The summed E-state index contributed by atoms with van der Waals surface area (Å²) in [6.07, 6.45) is 0.140. The minimum Gasteiger partial charge on any atom is -0.497 e. The first kappa shape index (κ1) is 18.0. The van der Waals surface area contributed by atoms with Crippen molar-refractivity contribution in [1.82, 2.24) is 4.90 Å². The van der Waals surface area contributed by atoms with Crippen molar-refractivity contribution in [3.8, 4) is 5.75 Å². The van der Waals surface area contributed by atoms with Crippen molar-refractivity contribution in [3.63, 3.8) is 0 Å². The molecule has 0 bridgehead atoms. The molecule has 1 aliphatic heterocycles. The molecule has 7 heteroatoms. The third-order valence-electron chi connectivity index (χ3n) is 3.90. The van der Waals surface area contributed by atoms with Crippen molar-refractivity contribution in [1.29, 1.82) is 0 Å². The van der Waals surface area contributed by atoms with Crippen molar-refractivity contribution in [3.05, 3.63) is 54.6 Å². The summed E-state index contributed by atoms with van der Waals surface area (Å²) in [5.41, 5.74) is 1.40. The molecule has 6 nitrogen and oxygen atoms in total. The van der Waals surface area contributed by atoms with Crippen molar-refractivity contribution < 1.29 is 14.3 Å². The molecule has 1 aliphatic rings. The summed E-state index contributed by atoms with van der Waals surface area (Å²) in [7, 11) is 3.27. The molecule has 1 N–H and O–H groups in total. The molecular formula is C19H19N3O3S. The number of hydrogen-bond acceptors (Lipinski definition) is 5. The lowest BCUT2D eigenvalue weighted by Crippen LogP contribution is -2.43. The average Bonchev–Trinajstić information content (AvgIpc) is 2.66. The van der Waals surface area contributed by atoms with E-state index in [-0.39, 0.29) is 18.2 Å². The molecule has 1 atom stereocenters. The second-order valence-corrected chi connectivity index (χ2v) is 6.88. The topological polar surface area (TPSA) is 71.0 Å². The van der Waals surface area contributed by atoms with Gasteiger partial charge in [0.15, 0.2) is 5.17 Å². The lowest BCUT2D eigenvalue weighted by atomic mass is 10.2. The van der Waals surface area contributed by atoms with E-state index in [9.17, 15) is 9.59 Å². The number of carbonyl (C=O) groups excluding carboxylic acids is 2. The number of amidine groups is 1. The Morgan fingerprint density at radius 3 is 2.54 bits per heavy atom. The van der Waals surface area contributed by atoms with Gasteiger partial charge in [0.2, 0.25) is 11.8 Å². The van der Waals surface area contributed by atoms with Crippen molar-refractivity contribution >= 4 is 40.1 Å². The van der Waals surface area contributed by atoms with Crippen molar-refractivity contribution in [2.45, 2.75) is 11.7 Å². The van der Waals surface area contributed by atoms with Crippen molar-refractivity contribution in [2.24, 2.45) is 4.99 Å².